The maximum atomic E-state index is 13.3. The van der Waals surface area contributed by atoms with Crippen LogP contribution in [0.2, 0.25) is 0 Å². The van der Waals surface area contributed by atoms with Crippen LogP contribution in [-0.4, -0.2) is 60.9 Å². The van der Waals surface area contributed by atoms with Crippen LogP contribution in [0.4, 0.5) is 0 Å². The summed E-state index contributed by atoms with van der Waals surface area (Å²) in [6, 6.07) is 34.7. The van der Waals surface area contributed by atoms with E-state index in [4.69, 9.17) is 11.5 Å². The number of benzene rings is 4. The van der Waals surface area contributed by atoms with Gasteiger partial charge < -0.3 is 32.7 Å². The highest BCUT2D eigenvalue weighted by Crippen LogP contribution is 2.08. The van der Waals surface area contributed by atoms with E-state index >= 15 is 0 Å². The van der Waals surface area contributed by atoms with Gasteiger partial charge in [-0.2, -0.15) is 0 Å². The van der Waals surface area contributed by atoms with E-state index in [2.05, 4.69) is 21.3 Å². The molecule has 4 aromatic rings. The monoisotopic (exact) mass is 676 g/mol. The third-order valence-electron chi connectivity index (χ3n) is 8.30. The molecule has 8 N–H and O–H groups in total. The number of carbonyl (C=O) groups excluding carboxylic acids is 4. The van der Waals surface area contributed by atoms with Gasteiger partial charge >= 0.3 is 0 Å². The molecule has 262 valence electrons. The van der Waals surface area contributed by atoms with Gasteiger partial charge in [-0.3, -0.25) is 19.2 Å². The van der Waals surface area contributed by atoms with Crippen molar-refractivity contribution in [3.63, 3.8) is 0 Å². The summed E-state index contributed by atoms with van der Waals surface area (Å²) in [5, 5.41) is 11.5. The molecule has 0 saturated heterocycles. The standard InChI is InChI=1S/C40H48N6O4/c41-33(25-29-15-5-1-6-16-29)37(47)45-35(27-31-19-9-3-10-20-31)39(49)43-23-13-14-24-44-40(50)36(28-32-21-11-4-12-22-32)46-38(48)34(42)26-30-17-7-2-8-18-30/h1-12,15-22,33-36H,13-14,23-28,41-42H2,(H,43,49)(H,44,50)(H,45,47)(H,46,48)/t33-,34-,35+,36+/m1/s1. The Kier molecular flexibility index (Phi) is 15.2. The van der Waals surface area contributed by atoms with Gasteiger partial charge in [-0.05, 0) is 47.9 Å². The van der Waals surface area contributed by atoms with Crippen molar-refractivity contribution in [3.05, 3.63) is 144 Å². The van der Waals surface area contributed by atoms with Crippen molar-refractivity contribution >= 4 is 23.6 Å². The summed E-state index contributed by atoms with van der Waals surface area (Å²) in [6.45, 7) is 0.703. The fraction of sp³-hybridized carbons (Fsp3) is 0.300. The minimum absolute atomic E-state index is 0.310. The van der Waals surface area contributed by atoms with Crippen LogP contribution in [0.25, 0.3) is 0 Å². The molecule has 0 bridgehead atoms. The van der Waals surface area contributed by atoms with Gasteiger partial charge in [0.15, 0.2) is 0 Å². The lowest BCUT2D eigenvalue weighted by molar-refractivity contribution is -0.129. The second-order valence-electron chi connectivity index (χ2n) is 12.4. The molecule has 50 heavy (non-hydrogen) atoms. The summed E-state index contributed by atoms with van der Waals surface area (Å²) >= 11 is 0. The van der Waals surface area contributed by atoms with Crippen molar-refractivity contribution in [2.24, 2.45) is 11.5 Å². The zero-order valence-corrected chi connectivity index (χ0v) is 28.3. The van der Waals surface area contributed by atoms with E-state index in [0.29, 0.717) is 51.6 Å². The first-order valence-electron chi connectivity index (χ1n) is 17.1. The van der Waals surface area contributed by atoms with Crippen LogP contribution in [-0.2, 0) is 44.9 Å². The van der Waals surface area contributed by atoms with Crippen molar-refractivity contribution in [2.45, 2.75) is 62.7 Å². The summed E-state index contributed by atoms with van der Waals surface area (Å²) in [6.07, 6.45) is 2.52. The highest BCUT2D eigenvalue weighted by Gasteiger charge is 2.26. The molecule has 0 fully saturated rings. The van der Waals surface area contributed by atoms with Crippen LogP contribution in [0.3, 0.4) is 0 Å². The molecule has 4 rings (SSSR count). The number of unbranched alkanes of at least 4 members (excludes halogenated alkanes) is 1. The number of hydrogen-bond acceptors (Lipinski definition) is 6. The predicted octanol–water partition coefficient (Wildman–Crippen LogP) is 2.59. The molecule has 0 saturated carbocycles. The SMILES string of the molecule is N[C@H](Cc1ccccc1)C(=O)N[C@@H](Cc1ccccc1)C(=O)NCCCCNC(=O)[C@H](Cc1ccccc1)NC(=O)[C@H](N)Cc1ccccc1. The van der Waals surface area contributed by atoms with Gasteiger partial charge in [0.25, 0.3) is 0 Å². The first-order valence-corrected chi connectivity index (χ1v) is 17.1. The predicted molar refractivity (Wildman–Crippen MR) is 196 cm³/mol. The topological polar surface area (TPSA) is 168 Å². The van der Waals surface area contributed by atoms with E-state index in [0.717, 1.165) is 22.3 Å². The highest BCUT2D eigenvalue weighted by molar-refractivity contribution is 5.90. The molecule has 0 heterocycles. The lowest BCUT2D eigenvalue weighted by atomic mass is 10.0. The molecule has 0 spiro atoms. The normalized spacial score (nSPS) is 13.2. The van der Waals surface area contributed by atoms with Crippen LogP contribution < -0.4 is 32.7 Å². The Morgan fingerprint density at radius 2 is 0.700 bits per heavy atom. The summed E-state index contributed by atoms with van der Waals surface area (Å²) in [5.74, 6) is -1.41. The molecule has 10 heteroatoms. The molecule has 0 aliphatic carbocycles. The zero-order valence-electron chi connectivity index (χ0n) is 28.3. The highest BCUT2D eigenvalue weighted by atomic mass is 16.2. The molecule has 0 unspecified atom stereocenters. The molecule has 4 aromatic carbocycles. The molecule has 4 amide bonds. The minimum Gasteiger partial charge on any atom is -0.354 e. The molecule has 4 atom stereocenters. The Morgan fingerprint density at radius 3 is 1.00 bits per heavy atom. The molecule has 0 radical (unpaired) electrons. The Labute approximate surface area is 294 Å². The number of carbonyl (C=O) groups is 4. The first kappa shape index (κ1) is 37.5. The van der Waals surface area contributed by atoms with Gasteiger partial charge in [0.05, 0.1) is 12.1 Å². The largest absolute Gasteiger partial charge is 0.354 e. The van der Waals surface area contributed by atoms with Gasteiger partial charge in [0.2, 0.25) is 23.6 Å². The third kappa shape index (κ3) is 12.9. The molecular weight excluding hydrogens is 628 g/mol. The number of rotatable bonds is 19. The van der Waals surface area contributed by atoms with Crippen molar-refractivity contribution < 1.29 is 19.2 Å². The average molecular weight is 677 g/mol. The third-order valence-corrected chi connectivity index (χ3v) is 8.30. The van der Waals surface area contributed by atoms with E-state index in [1.54, 1.807) is 0 Å². The lowest BCUT2D eigenvalue weighted by Crippen LogP contribution is -2.53. The maximum absolute atomic E-state index is 13.3. The summed E-state index contributed by atoms with van der Waals surface area (Å²) in [7, 11) is 0. The Hall–Kier alpha value is -5.32. The first-order chi connectivity index (χ1) is 24.3. The summed E-state index contributed by atoms with van der Waals surface area (Å²) < 4.78 is 0. The van der Waals surface area contributed by atoms with Crippen molar-refractivity contribution in [1.82, 2.24) is 21.3 Å². The zero-order chi connectivity index (χ0) is 35.6. The minimum atomic E-state index is -0.804. The molecular formula is C40H48N6O4. The van der Waals surface area contributed by atoms with Crippen LogP contribution in [0.5, 0.6) is 0 Å². The van der Waals surface area contributed by atoms with Crippen LogP contribution in [0.1, 0.15) is 35.1 Å². The average Bonchev–Trinajstić information content (AvgIpc) is 3.13. The van der Waals surface area contributed by atoms with Gasteiger partial charge in [-0.15, -0.1) is 0 Å². The molecule has 0 aliphatic rings. The van der Waals surface area contributed by atoms with Crippen LogP contribution in [0, 0.1) is 0 Å². The number of hydrogen-bond donors (Lipinski definition) is 6. The Balaban J connectivity index is 1.25. The van der Waals surface area contributed by atoms with Gasteiger partial charge in [0, 0.05) is 25.9 Å². The van der Waals surface area contributed by atoms with Crippen molar-refractivity contribution in [3.8, 4) is 0 Å². The summed E-state index contributed by atoms with van der Waals surface area (Å²) in [4.78, 5) is 52.5. The van der Waals surface area contributed by atoms with Crippen LogP contribution >= 0.6 is 0 Å². The van der Waals surface area contributed by atoms with Crippen molar-refractivity contribution in [2.75, 3.05) is 13.1 Å². The smallest absolute Gasteiger partial charge is 0.242 e. The van der Waals surface area contributed by atoms with E-state index in [-0.39, 0.29) is 11.8 Å². The summed E-state index contributed by atoms with van der Waals surface area (Å²) in [5.41, 5.74) is 16.1. The number of amides is 4. The molecule has 0 aromatic heterocycles. The van der Waals surface area contributed by atoms with E-state index in [1.807, 2.05) is 121 Å². The number of nitrogens with two attached hydrogens (primary N) is 2. The van der Waals surface area contributed by atoms with E-state index < -0.39 is 36.0 Å². The quantitative estimate of drug-likeness (QED) is 0.0835. The molecule has 0 aliphatic heterocycles. The van der Waals surface area contributed by atoms with E-state index in [1.165, 1.54) is 0 Å². The lowest BCUT2D eigenvalue weighted by Gasteiger charge is -2.22. The maximum Gasteiger partial charge on any atom is 0.242 e. The van der Waals surface area contributed by atoms with Crippen molar-refractivity contribution in [1.29, 1.82) is 0 Å². The molecule has 10 nitrogen and oxygen atoms in total. The second kappa shape index (κ2) is 20.3. The van der Waals surface area contributed by atoms with E-state index in [9.17, 15) is 19.2 Å². The fourth-order valence-corrected chi connectivity index (χ4v) is 5.52. The fourth-order valence-electron chi connectivity index (χ4n) is 5.52. The Morgan fingerprint density at radius 1 is 0.420 bits per heavy atom. The second-order valence-corrected chi connectivity index (χ2v) is 12.4. The van der Waals surface area contributed by atoms with Crippen LogP contribution in [0.15, 0.2) is 121 Å². The van der Waals surface area contributed by atoms with Gasteiger partial charge in [0.1, 0.15) is 12.1 Å². The number of nitrogens with one attached hydrogen (secondary N) is 4. The Bertz CT molecular complexity index is 1500. The van der Waals surface area contributed by atoms with Gasteiger partial charge in [-0.25, -0.2) is 0 Å². The van der Waals surface area contributed by atoms with Gasteiger partial charge in [-0.1, -0.05) is 121 Å².